The Morgan fingerprint density at radius 1 is 1.00 bits per heavy atom. The van der Waals surface area contributed by atoms with Crippen molar-refractivity contribution in [1.29, 1.82) is 0 Å². The molecule has 218 valence electrons. The van der Waals surface area contributed by atoms with Gasteiger partial charge in [-0.25, -0.2) is 0 Å². The van der Waals surface area contributed by atoms with Gasteiger partial charge in [0.25, 0.3) is 0 Å². The highest BCUT2D eigenvalue weighted by Crippen LogP contribution is 2.42. The number of carbonyl (C=O) groups is 3. The van der Waals surface area contributed by atoms with Crippen LogP contribution in [0.2, 0.25) is 0 Å². The number of carboxylic acids is 1. The monoisotopic (exact) mass is 546 g/mol. The van der Waals surface area contributed by atoms with Gasteiger partial charge >= 0.3 is 5.97 Å². The summed E-state index contributed by atoms with van der Waals surface area (Å²) in [5.41, 5.74) is 0.860. The van der Waals surface area contributed by atoms with Crippen LogP contribution in [0.25, 0.3) is 0 Å². The molecule has 2 amide bonds. The molecule has 2 aliphatic rings. The maximum atomic E-state index is 13.6. The third-order valence-corrected chi connectivity index (χ3v) is 7.89. The molecule has 1 aromatic rings. The number of benzene rings is 1. The van der Waals surface area contributed by atoms with E-state index in [2.05, 4.69) is 11.8 Å². The van der Waals surface area contributed by atoms with E-state index in [4.69, 9.17) is 9.47 Å². The fourth-order valence-corrected chi connectivity index (χ4v) is 5.72. The Morgan fingerprint density at radius 3 is 2.36 bits per heavy atom. The molecule has 3 rings (SSSR count). The Labute approximate surface area is 232 Å². The largest absolute Gasteiger partial charge is 0.481 e. The molecule has 10 nitrogen and oxygen atoms in total. The summed E-state index contributed by atoms with van der Waals surface area (Å²) in [4.78, 5) is 46.2. The Bertz CT molecular complexity index is 987. The van der Waals surface area contributed by atoms with Crippen molar-refractivity contribution < 1.29 is 29.0 Å². The van der Waals surface area contributed by atoms with Crippen molar-refractivity contribution in [2.24, 2.45) is 5.92 Å². The number of aliphatic carboxylic acids is 1. The van der Waals surface area contributed by atoms with E-state index in [-0.39, 0.29) is 37.1 Å². The van der Waals surface area contributed by atoms with E-state index in [9.17, 15) is 19.5 Å². The zero-order valence-corrected chi connectivity index (χ0v) is 24.2. The van der Waals surface area contributed by atoms with Crippen molar-refractivity contribution in [3.63, 3.8) is 0 Å². The highest BCUT2D eigenvalue weighted by molar-refractivity contribution is 5.79. The summed E-state index contributed by atoms with van der Waals surface area (Å²) in [6.07, 6.45) is 3.29. The van der Waals surface area contributed by atoms with Crippen molar-refractivity contribution in [2.45, 2.75) is 58.4 Å². The molecule has 2 heterocycles. The molecule has 0 unspecified atom stereocenters. The van der Waals surface area contributed by atoms with Gasteiger partial charge in [-0.15, -0.1) is 0 Å². The van der Waals surface area contributed by atoms with Crippen LogP contribution in [0.5, 0.6) is 11.5 Å². The van der Waals surface area contributed by atoms with Gasteiger partial charge in [-0.05, 0) is 64.5 Å². The van der Waals surface area contributed by atoms with Gasteiger partial charge < -0.3 is 29.3 Å². The summed E-state index contributed by atoms with van der Waals surface area (Å²) in [5.74, 6) is -0.677. The van der Waals surface area contributed by atoms with Gasteiger partial charge in [0.15, 0.2) is 11.5 Å². The molecular weight excluding hydrogens is 500 g/mol. The zero-order chi connectivity index (χ0) is 28.5. The molecule has 0 aromatic heterocycles. The molecule has 0 spiro atoms. The van der Waals surface area contributed by atoms with Gasteiger partial charge in [-0.2, -0.15) is 0 Å². The number of hydrogen-bond donors (Lipinski definition) is 1. The fraction of sp³-hybridized carbons (Fsp3) is 0.690. The Balaban J connectivity index is 1.86. The molecule has 0 saturated carbocycles. The summed E-state index contributed by atoms with van der Waals surface area (Å²) >= 11 is 0. The Hall–Kier alpha value is -2.85. The van der Waals surface area contributed by atoms with Gasteiger partial charge in [0.1, 0.15) is 0 Å². The second kappa shape index (κ2) is 14.5. The topological polar surface area (TPSA) is 103 Å². The lowest BCUT2D eigenvalue weighted by atomic mass is 9.84. The number of fused-ring (bicyclic) bond motifs is 1. The summed E-state index contributed by atoms with van der Waals surface area (Å²) in [7, 11) is 4.05. The van der Waals surface area contributed by atoms with E-state index < -0.39 is 11.9 Å². The smallest absolute Gasteiger partial charge is 0.308 e. The van der Waals surface area contributed by atoms with Crippen molar-refractivity contribution in [3.8, 4) is 11.5 Å². The van der Waals surface area contributed by atoms with E-state index in [1.807, 2.05) is 49.0 Å². The molecule has 1 fully saturated rings. The molecule has 2 aliphatic heterocycles. The molecule has 3 atom stereocenters. The SMILES string of the molecule is CCCCN(CCCN(C)C)C(=O)CN1C[C@H](c2ccc3c(c2)OCO3)[C@@H](C(=O)O)[C@@H]1CCN(CC)C(C)=O. The first-order valence-corrected chi connectivity index (χ1v) is 14.2. The Morgan fingerprint density at radius 2 is 1.72 bits per heavy atom. The standard InChI is InChI=1S/C29H46N4O6/c1-6-8-14-32(15-9-13-30(4)5)27(35)19-33-18-23(22-10-11-25-26(17-22)39-20-38-25)28(29(36)37)24(33)12-16-31(7-2)21(3)34/h10-11,17,23-24,28H,6-9,12-16,18-20H2,1-5H3,(H,36,37)/t23-,24+,28-/m1/s1. The molecule has 1 saturated heterocycles. The first-order chi connectivity index (χ1) is 18.7. The highest BCUT2D eigenvalue weighted by atomic mass is 16.7. The van der Waals surface area contributed by atoms with Crippen LogP contribution in [0.4, 0.5) is 0 Å². The molecule has 0 radical (unpaired) electrons. The van der Waals surface area contributed by atoms with Crippen LogP contribution in [0.3, 0.4) is 0 Å². The maximum absolute atomic E-state index is 13.6. The lowest BCUT2D eigenvalue weighted by molar-refractivity contribution is -0.144. The lowest BCUT2D eigenvalue weighted by Gasteiger charge is -2.31. The minimum absolute atomic E-state index is 0.0293. The number of carbonyl (C=O) groups excluding carboxylic acids is 2. The summed E-state index contributed by atoms with van der Waals surface area (Å²) in [6.45, 7) is 9.58. The second-order valence-corrected chi connectivity index (χ2v) is 10.9. The van der Waals surface area contributed by atoms with Crippen LogP contribution in [-0.4, -0.2) is 115 Å². The van der Waals surface area contributed by atoms with Gasteiger partial charge in [-0.1, -0.05) is 19.4 Å². The quantitative estimate of drug-likeness (QED) is 0.358. The van der Waals surface area contributed by atoms with Crippen LogP contribution in [0.1, 0.15) is 57.9 Å². The minimum atomic E-state index is -0.891. The van der Waals surface area contributed by atoms with Gasteiger partial charge in [0, 0.05) is 51.6 Å². The van der Waals surface area contributed by atoms with E-state index in [0.29, 0.717) is 50.6 Å². The van der Waals surface area contributed by atoms with E-state index in [0.717, 1.165) is 31.4 Å². The number of ether oxygens (including phenoxy) is 2. The minimum Gasteiger partial charge on any atom is -0.481 e. The van der Waals surface area contributed by atoms with E-state index >= 15 is 0 Å². The second-order valence-electron chi connectivity index (χ2n) is 10.9. The predicted octanol–water partition coefficient (Wildman–Crippen LogP) is 2.72. The van der Waals surface area contributed by atoms with E-state index in [1.54, 1.807) is 4.90 Å². The number of hydrogen-bond acceptors (Lipinski definition) is 7. The molecule has 1 N–H and O–H groups in total. The van der Waals surface area contributed by atoms with Crippen LogP contribution in [0.15, 0.2) is 18.2 Å². The number of likely N-dealkylation sites (tertiary alicyclic amines) is 1. The Kier molecular flexibility index (Phi) is 11.4. The van der Waals surface area contributed by atoms with E-state index in [1.165, 1.54) is 6.92 Å². The first kappa shape index (κ1) is 30.7. The average Bonchev–Trinajstić information content (AvgIpc) is 3.50. The maximum Gasteiger partial charge on any atom is 0.308 e. The summed E-state index contributed by atoms with van der Waals surface area (Å²) in [6, 6.07) is 5.21. The van der Waals surface area contributed by atoms with Crippen LogP contribution in [0, 0.1) is 5.92 Å². The molecule has 1 aromatic carbocycles. The molecule has 0 aliphatic carbocycles. The van der Waals surface area contributed by atoms with Crippen molar-refractivity contribution in [2.75, 3.05) is 66.7 Å². The average molecular weight is 547 g/mol. The predicted molar refractivity (Wildman–Crippen MR) is 149 cm³/mol. The van der Waals surface area contributed by atoms with Crippen molar-refractivity contribution >= 4 is 17.8 Å². The van der Waals surface area contributed by atoms with Crippen LogP contribution in [-0.2, 0) is 14.4 Å². The normalized spacial score (nSPS) is 20.4. The van der Waals surface area contributed by atoms with Gasteiger partial charge in [0.2, 0.25) is 18.6 Å². The van der Waals surface area contributed by atoms with Crippen molar-refractivity contribution in [3.05, 3.63) is 23.8 Å². The van der Waals surface area contributed by atoms with Crippen LogP contribution >= 0.6 is 0 Å². The van der Waals surface area contributed by atoms with Gasteiger partial charge in [0.05, 0.1) is 12.5 Å². The summed E-state index contributed by atoms with van der Waals surface area (Å²) < 4.78 is 11.0. The number of unbranched alkanes of at least 4 members (excludes halogenated alkanes) is 1. The zero-order valence-electron chi connectivity index (χ0n) is 24.2. The summed E-state index contributed by atoms with van der Waals surface area (Å²) in [5, 5.41) is 10.4. The number of nitrogens with zero attached hydrogens (tertiary/aromatic N) is 4. The van der Waals surface area contributed by atoms with Crippen molar-refractivity contribution in [1.82, 2.24) is 19.6 Å². The number of rotatable bonds is 15. The third-order valence-electron chi connectivity index (χ3n) is 7.89. The molecule has 10 heteroatoms. The number of carboxylic acid groups (broad SMARTS) is 1. The molecule has 39 heavy (non-hydrogen) atoms. The van der Waals surface area contributed by atoms with Gasteiger partial charge in [-0.3, -0.25) is 19.3 Å². The fourth-order valence-electron chi connectivity index (χ4n) is 5.72. The molecular formula is C29H46N4O6. The highest BCUT2D eigenvalue weighted by Gasteiger charge is 2.47. The molecule has 0 bridgehead atoms. The third kappa shape index (κ3) is 8.08. The number of amides is 2. The first-order valence-electron chi connectivity index (χ1n) is 14.2. The van der Waals surface area contributed by atoms with Crippen LogP contribution < -0.4 is 9.47 Å². The lowest BCUT2D eigenvalue weighted by Crippen LogP contribution is -2.46.